The Hall–Kier alpha value is -6.75. The molecule has 0 saturated carbocycles. The predicted molar refractivity (Wildman–Crippen MR) is 223 cm³/mol. The Morgan fingerprint density at radius 2 is 1.04 bits per heavy atom. The van der Waals surface area contributed by atoms with E-state index in [4.69, 9.17) is 9.97 Å². The van der Waals surface area contributed by atoms with E-state index in [2.05, 4.69) is 151 Å². The van der Waals surface area contributed by atoms with E-state index in [1.807, 2.05) is 54.1 Å². The molecule has 10 aromatic rings. The molecule has 0 radical (unpaired) electrons. The molecule has 0 bridgehead atoms. The zero-order chi connectivity index (χ0) is 35.1. The first-order valence-corrected chi connectivity index (χ1v) is 18.6. The van der Waals surface area contributed by atoms with Crippen LogP contribution in [0.1, 0.15) is 0 Å². The summed E-state index contributed by atoms with van der Waals surface area (Å²) in [5.74, 6) is 0.687. The summed E-state index contributed by atoms with van der Waals surface area (Å²) >= 11 is 1.86. The van der Waals surface area contributed by atoms with Crippen molar-refractivity contribution in [3.05, 3.63) is 188 Å². The molecule has 0 fully saturated rings. The second-order valence-electron chi connectivity index (χ2n) is 13.3. The molecule has 0 unspecified atom stereocenters. The van der Waals surface area contributed by atoms with Crippen LogP contribution in [0.3, 0.4) is 0 Å². The average Bonchev–Trinajstić information content (AvgIpc) is 3.63. The number of fused-ring (bicyclic) bond motifs is 4. The molecule has 4 heteroatoms. The minimum absolute atomic E-state index is 0.687. The van der Waals surface area contributed by atoms with E-state index in [0.717, 1.165) is 55.9 Å². The number of hydrogen-bond acceptors (Lipinski definition) is 4. The Morgan fingerprint density at radius 1 is 0.358 bits per heavy atom. The van der Waals surface area contributed by atoms with Gasteiger partial charge in [-0.15, -0.1) is 11.3 Å². The minimum Gasteiger partial charge on any atom is -0.265 e. The van der Waals surface area contributed by atoms with Gasteiger partial charge in [-0.1, -0.05) is 127 Å². The van der Waals surface area contributed by atoms with Gasteiger partial charge >= 0.3 is 0 Å². The number of nitrogens with zero attached hydrogens (tertiary/aromatic N) is 3. The monoisotopic (exact) mass is 693 g/mol. The summed E-state index contributed by atoms with van der Waals surface area (Å²) in [5.41, 5.74) is 11.6. The zero-order valence-electron chi connectivity index (χ0n) is 28.6. The van der Waals surface area contributed by atoms with E-state index in [-0.39, 0.29) is 0 Å². The van der Waals surface area contributed by atoms with Gasteiger partial charge in [0.1, 0.15) is 0 Å². The molecule has 0 amide bonds. The summed E-state index contributed by atoms with van der Waals surface area (Å²) in [7, 11) is 0. The Bertz CT molecular complexity index is 2950. The number of aromatic nitrogens is 3. The van der Waals surface area contributed by atoms with E-state index in [1.165, 1.54) is 36.5 Å². The molecule has 0 aliphatic rings. The van der Waals surface area contributed by atoms with Crippen LogP contribution < -0.4 is 0 Å². The maximum Gasteiger partial charge on any atom is 0.160 e. The van der Waals surface area contributed by atoms with Crippen molar-refractivity contribution in [2.24, 2.45) is 0 Å². The smallest absolute Gasteiger partial charge is 0.160 e. The van der Waals surface area contributed by atoms with Crippen molar-refractivity contribution in [3.63, 3.8) is 0 Å². The fourth-order valence-corrected chi connectivity index (χ4v) is 8.62. The van der Waals surface area contributed by atoms with Gasteiger partial charge in [-0.25, -0.2) is 9.97 Å². The molecule has 3 nitrogen and oxygen atoms in total. The number of hydrogen-bond donors (Lipinski definition) is 0. The summed E-state index contributed by atoms with van der Waals surface area (Å²) in [6, 6.07) is 62.6. The van der Waals surface area contributed by atoms with Crippen LogP contribution in [-0.4, -0.2) is 15.0 Å². The molecule has 0 saturated heterocycles. The van der Waals surface area contributed by atoms with Crippen molar-refractivity contribution in [2.45, 2.75) is 0 Å². The number of benzene rings is 7. The van der Waals surface area contributed by atoms with Crippen molar-refractivity contribution in [2.75, 3.05) is 0 Å². The Kier molecular flexibility index (Phi) is 7.67. The van der Waals surface area contributed by atoms with Crippen molar-refractivity contribution in [3.8, 4) is 67.3 Å². The van der Waals surface area contributed by atoms with Crippen LogP contribution in [0.25, 0.3) is 98.2 Å². The molecule has 10 rings (SSSR count). The molecule has 3 aromatic heterocycles. The molecule has 0 aliphatic heterocycles. The quantitative estimate of drug-likeness (QED) is 0.174. The molecule has 0 spiro atoms. The first kappa shape index (κ1) is 31.0. The lowest BCUT2D eigenvalue weighted by Gasteiger charge is -2.15. The summed E-state index contributed by atoms with van der Waals surface area (Å²) in [4.78, 5) is 14.8. The Labute approximate surface area is 311 Å². The highest BCUT2D eigenvalue weighted by Gasteiger charge is 2.17. The van der Waals surface area contributed by atoms with E-state index >= 15 is 0 Å². The van der Waals surface area contributed by atoms with Gasteiger partial charge in [0.2, 0.25) is 0 Å². The molecule has 7 aromatic carbocycles. The Morgan fingerprint density at radius 3 is 1.92 bits per heavy atom. The minimum atomic E-state index is 0.687. The summed E-state index contributed by atoms with van der Waals surface area (Å²) in [6.07, 6.45) is 3.67. The number of pyridine rings is 1. The SMILES string of the molecule is c1ccc(-c2nc(-c3cc(-c4ccc5ccccc5c4)cc(-c4cccc5c4sc4ccccc45)c3)cc(-c3ccccc3-c3ccncc3)n2)cc1. The second kappa shape index (κ2) is 13.1. The van der Waals surface area contributed by atoms with Gasteiger partial charge in [0.15, 0.2) is 5.82 Å². The second-order valence-corrected chi connectivity index (χ2v) is 14.3. The summed E-state index contributed by atoms with van der Waals surface area (Å²) in [5, 5.41) is 5.01. The maximum absolute atomic E-state index is 5.30. The van der Waals surface area contributed by atoms with E-state index < -0.39 is 0 Å². The van der Waals surface area contributed by atoms with Crippen molar-refractivity contribution in [1.82, 2.24) is 15.0 Å². The normalized spacial score (nSPS) is 11.4. The number of rotatable bonds is 6. The highest BCUT2D eigenvalue weighted by Crippen LogP contribution is 2.43. The molecular weight excluding hydrogens is 663 g/mol. The van der Waals surface area contributed by atoms with E-state index in [0.29, 0.717) is 5.82 Å². The van der Waals surface area contributed by atoms with Gasteiger partial charge in [-0.05, 0) is 92.7 Å². The lowest BCUT2D eigenvalue weighted by atomic mass is 9.92. The molecule has 3 heterocycles. The largest absolute Gasteiger partial charge is 0.265 e. The third-order valence-corrected chi connectivity index (χ3v) is 11.2. The number of thiophene rings is 1. The lowest BCUT2D eigenvalue weighted by Crippen LogP contribution is -1.97. The van der Waals surface area contributed by atoms with Crippen LogP contribution in [0.4, 0.5) is 0 Å². The topological polar surface area (TPSA) is 38.7 Å². The van der Waals surface area contributed by atoms with Crippen molar-refractivity contribution in [1.29, 1.82) is 0 Å². The van der Waals surface area contributed by atoms with Gasteiger partial charge < -0.3 is 0 Å². The van der Waals surface area contributed by atoms with Gasteiger partial charge in [0.25, 0.3) is 0 Å². The molecule has 0 atom stereocenters. The molecule has 248 valence electrons. The summed E-state index contributed by atoms with van der Waals surface area (Å²) in [6.45, 7) is 0. The predicted octanol–water partition coefficient (Wildman–Crippen LogP) is 13.4. The van der Waals surface area contributed by atoms with Gasteiger partial charge in [-0.3, -0.25) is 4.98 Å². The first-order valence-electron chi connectivity index (χ1n) is 17.7. The Balaban J connectivity index is 1.23. The standard InChI is InChI=1S/C49H31N3S/c1-2-12-34(13-3-1)49-51-45(31-46(52-49)42-16-7-6-15-40(42)33-23-25-50-26-24-33)39-29-37(36-22-21-32-11-4-5-14-35(32)27-36)28-38(30-39)41-18-10-19-44-43-17-8-9-20-47(43)53-48(41)44/h1-31H. The lowest BCUT2D eigenvalue weighted by molar-refractivity contribution is 1.18. The van der Waals surface area contributed by atoms with Gasteiger partial charge in [0, 0.05) is 49.3 Å². The van der Waals surface area contributed by atoms with Crippen LogP contribution in [0.5, 0.6) is 0 Å². The fourth-order valence-electron chi connectivity index (χ4n) is 7.38. The maximum atomic E-state index is 5.30. The van der Waals surface area contributed by atoms with E-state index in [9.17, 15) is 0 Å². The zero-order valence-corrected chi connectivity index (χ0v) is 29.5. The molecule has 0 N–H and O–H groups in total. The molecule has 0 aliphatic carbocycles. The fraction of sp³-hybridized carbons (Fsp3) is 0. The van der Waals surface area contributed by atoms with Crippen LogP contribution in [-0.2, 0) is 0 Å². The third-order valence-electron chi connectivity index (χ3n) is 9.98. The highest BCUT2D eigenvalue weighted by atomic mass is 32.1. The van der Waals surface area contributed by atoms with Crippen LogP contribution in [0, 0.1) is 0 Å². The van der Waals surface area contributed by atoms with Gasteiger partial charge in [-0.2, -0.15) is 0 Å². The van der Waals surface area contributed by atoms with Crippen LogP contribution >= 0.6 is 11.3 Å². The summed E-state index contributed by atoms with van der Waals surface area (Å²) < 4.78 is 2.58. The van der Waals surface area contributed by atoms with Crippen molar-refractivity contribution < 1.29 is 0 Å². The van der Waals surface area contributed by atoms with Crippen molar-refractivity contribution >= 4 is 42.3 Å². The molecular formula is C49H31N3S. The third kappa shape index (κ3) is 5.76. The highest BCUT2D eigenvalue weighted by molar-refractivity contribution is 7.26. The first-order chi connectivity index (χ1) is 26.2. The van der Waals surface area contributed by atoms with E-state index in [1.54, 1.807) is 0 Å². The van der Waals surface area contributed by atoms with Crippen LogP contribution in [0.15, 0.2) is 188 Å². The van der Waals surface area contributed by atoms with Gasteiger partial charge in [0.05, 0.1) is 11.4 Å². The molecule has 53 heavy (non-hydrogen) atoms. The average molecular weight is 694 g/mol. The van der Waals surface area contributed by atoms with Crippen LogP contribution in [0.2, 0.25) is 0 Å².